The normalized spacial score (nSPS) is 18.6. The zero-order chi connectivity index (χ0) is 22.2. The number of methoxy groups -OCH3 is 1. The molecule has 166 valence electrons. The van der Waals surface area contributed by atoms with Gasteiger partial charge >= 0.3 is 5.97 Å². The molecule has 1 aliphatic rings. The molecule has 0 amide bonds. The van der Waals surface area contributed by atoms with Gasteiger partial charge < -0.3 is 24.4 Å². The topological polar surface area (TPSA) is 85.3 Å². The summed E-state index contributed by atoms with van der Waals surface area (Å²) in [5.41, 5.74) is 0.989. The lowest BCUT2D eigenvalue weighted by Crippen LogP contribution is -2.40. The molecule has 8 nitrogen and oxygen atoms in total. The molecule has 1 N–H and O–H groups in total. The molecule has 1 saturated heterocycles. The van der Waals surface area contributed by atoms with Gasteiger partial charge in [0.05, 0.1) is 19.6 Å². The second-order valence-corrected chi connectivity index (χ2v) is 7.40. The van der Waals surface area contributed by atoms with E-state index in [1.807, 2.05) is 43.3 Å². The Labute approximate surface area is 183 Å². The molecule has 1 aromatic heterocycles. The van der Waals surface area contributed by atoms with Crippen molar-refractivity contribution in [2.24, 2.45) is 16.8 Å². The second kappa shape index (κ2) is 10.7. The summed E-state index contributed by atoms with van der Waals surface area (Å²) in [6.45, 7) is 6.46. The molecule has 1 fully saturated rings. The van der Waals surface area contributed by atoms with E-state index in [2.05, 4.69) is 27.1 Å². The largest absolute Gasteiger partial charge is 0.490 e. The van der Waals surface area contributed by atoms with Crippen molar-refractivity contribution >= 4 is 11.9 Å². The number of aromatic nitrogens is 1. The number of nitrogens with one attached hydrogen (secondary N) is 1. The number of carbonyl (C=O) groups excluding carboxylic acids is 1. The molecule has 31 heavy (non-hydrogen) atoms. The Bertz CT molecular complexity index is 901. The highest BCUT2D eigenvalue weighted by molar-refractivity contribution is 5.82. The number of benzene rings is 1. The number of ether oxygens (including phenoxy) is 3. The fourth-order valence-electron chi connectivity index (χ4n) is 3.61. The molecular formula is C23H30N4O4. The highest BCUT2D eigenvalue weighted by atomic mass is 16.5. The molecule has 0 saturated carbocycles. The van der Waals surface area contributed by atoms with Crippen molar-refractivity contribution in [3.05, 3.63) is 48.2 Å². The van der Waals surface area contributed by atoms with Crippen LogP contribution in [0, 0.1) is 11.8 Å². The summed E-state index contributed by atoms with van der Waals surface area (Å²) in [5, 5.41) is 3.34. The summed E-state index contributed by atoms with van der Waals surface area (Å²) in [7, 11) is 3.17. The van der Waals surface area contributed by atoms with Crippen LogP contribution in [0.15, 0.2) is 47.6 Å². The molecule has 1 aliphatic heterocycles. The van der Waals surface area contributed by atoms with Gasteiger partial charge in [0.2, 0.25) is 5.88 Å². The number of nitrogens with zero attached hydrogens (tertiary/aromatic N) is 3. The van der Waals surface area contributed by atoms with E-state index in [-0.39, 0.29) is 17.8 Å². The molecule has 0 spiro atoms. The van der Waals surface area contributed by atoms with Crippen molar-refractivity contribution in [3.8, 4) is 17.4 Å². The molecule has 2 heterocycles. The van der Waals surface area contributed by atoms with E-state index < -0.39 is 0 Å². The first kappa shape index (κ1) is 22.4. The molecule has 0 bridgehead atoms. The summed E-state index contributed by atoms with van der Waals surface area (Å²) in [6.07, 6.45) is 1.77. The first-order valence-corrected chi connectivity index (χ1v) is 10.4. The van der Waals surface area contributed by atoms with Crippen molar-refractivity contribution in [2.75, 3.05) is 33.9 Å². The summed E-state index contributed by atoms with van der Waals surface area (Å²) in [4.78, 5) is 22.8. The smallest absolute Gasteiger partial charge is 0.310 e. The van der Waals surface area contributed by atoms with Crippen molar-refractivity contribution in [3.63, 3.8) is 0 Å². The summed E-state index contributed by atoms with van der Waals surface area (Å²) in [5.74, 6) is 2.47. The second-order valence-electron chi connectivity index (χ2n) is 7.40. The van der Waals surface area contributed by atoms with Gasteiger partial charge in [-0.1, -0.05) is 25.1 Å². The van der Waals surface area contributed by atoms with Gasteiger partial charge in [-0.3, -0.25) is 9.79 Å². The van der Waals surface area contributed by atoms with Crippen molar-refractivity contribution < 1.29 is 19.0 Å². The summed E-state index contributed by atoms with van der Waals surface area (Å²) >= 11 is 0. The van der Waals surface area contributed by atoms with Crippen LogP contribution in [-0.4, -0.2) is 55.7 Å². The molecule has 0 radical (unpaired) electrons. The number of rotatable bonds is 7. The maximum atomic E-state index is 11.9. The van der Waals surface area contributed by atoms with Gasteiger partial charge in [0.25, 0.3) is 0 Å². The lowest BCUT2D eigenvalue weighted by Gasteiger charge is -2.21. The van der Waals surface area contributed by atoms with Crippen LogP contribution in [0.1, 0.15) is 19.4 Å². The van der Waals surface area contributed by atoms with Crippen LogP contribution in [0.2, 0.25) is 0 Å². The zero-order valence-corrected chi connectivity index (χ0v) is 18.5. The predicted molar refractivity (Wildman–Crippen MR) is 118 cm³/mol. The van der Waals surface area contributed by atoms with Crippen LogP contribution in [-0.2, 0) is 16.1 Å². The van der Waals surface area contributed by atoms with Gasteiger partial charge in [-0.25, -0.2) is 4.98 Å². The number of guanidine groups is 1. The number of para-hydroxylation sites is 2. The van der Waals surface area contributed by atoms with E-state index in [0.29, 0.717) is 37.1 Å². The molecule has 0 aliphatic carbocycles. The Morgan fingerprint density at radius 3 is 2.65 bits per heavy atom. The minimum absolute atomic E-state index is 0.138. The van der Waals surface area contributed by atoms with Crippen LogP contribution in [0.4, 0.5) is 0 Å². The van der Waals surface area contributed by atoms with Crippen molar-refractivity contribution in [1.82, 2.24) is 15.2 Å². The quantitative estimate of drug-likeness (QED) is 0.414. The number of aliphatic imine (C=N–C) groups is 1. The molecular weight excluding hydrogens is 396 g/mol. The zero-order valence-electron chi connectivity index (χ0n) is 18.5. The Morgan fingerprint density at radius 1 is 1.23 bits per heavy atom. The van der Waals surface area contributed by atoms with E-state index in [4.69, 9.17) is 14.2 Å². The van der Waals surface area contributed by atoms with Crippen LogP contribution >= 0.6 is 0 Å². The third-order valence-corrected chi connectivity index (χ3v) is 5.24. The molecule has 2 aromatic rings. The molecule has 3 rings (SSSR count). The first-order chi connectivity index (χ1) is 15.0. The monoisotopic (exact) mass is 426 g/mol. The highest BCUT2D eigenvalue weighted by Gasteiger charge is 2.36. The van der Waals surface area contributed by atoms with Crippen LogP contribution in [0.25, 0.3) is 0 Å². The molecule has 2 atom stereocenters. The number of hydrogen-bond donors (Lipinski definition) is 1. The molecule has 1 aromatic carbocycles. The Balaban J connectivity index is 1.57. The Hall–Kier alpha value is -3.29. The first-order valence-electron chi connectivity index (χ1n) is 10.4. The average Bonchev–Trinajstić information content (AvgIpc) is 3.17. The predicted octanol–water partition coefficient (Wildman–Crippen LogP) is 3.09. The molecule has 8 heteroatoms. The third-order valence-electron chi connectivity index (χ3n) is 5.24. The van der Waals surface area contributed by atoms with E-state index in [0.717, 1.165) is 18.1 Å². The number of carbonyl (C=O) groups is 1. The number of pyridine rings is 1. The van der Waals surface area contributed by atoms with Crippen molar-refractivity contribution in [1.29, 1.82) is 0 Å². The van der Waals surface area contributed by atoms with E-state index in [1.165, 1.54) is 7.11 Å². The van der Waals surface area contributed by atoms with Crippen LogP contribution < -0.4 is 14.8 Å². The molecule has 2 unspecified atom stereocenters. The van der Waals surface area contributed by atoms with Gasteiger partial charge in [0, 0.05) is 38.9 Å². The van der Waals surface area contributed by atoms with Gasteiger partial charge in [0.1, 0.15) is 0 Å². The van der Waals surface area contributed by atoms with Gasteiger partial charge in [0.15, 0.2) is 17.5 Å². The maximum Gasteiger partial charge on any atom is 0.310 e. The number of hydrogen-bond acceptors (Lipinski definition) is 6. The lowest BCUT2D eigenvalue weighted by molar-refractivity contribution is -0.145. The minimum Gasteiger partial charge on any atom is -0.490 e. The average molecular weight is 427 g/mol. The maximum absolute atomic E-state index is 11.9. The van der Waals surface area contributed by atoms with Crippen LogP contribution in [0.5, 0.6) is 17.4 Å². The van der Waals surface area contributed by atoms with Gasteiger partial charge in [-0.15, -0.1) is 0 Å². The summed E-state index contributed by atoms with van der Waals surface area (Å²) in [6, 6.07) is 11.3. The van der Waals surface area contributed by atoms with Gasteiger partial charge in [-0.05, 0) is 30.5 Å². The Kier molecular flexibility index (Phi) is 7.70. The van der Waals surface area contributed by atoms with E-state index in [1.54, 1.807) is 13.2 Å². The number of esters is 1. The fourth-order valence-corrected chi connectivity index (χ4v) is 3.61. The third kappa shape index (κ3) is 5.65. The minimum atomic E-state index is -0.170. The lowest BCUT2D eigenvalue weighted by atomic mass is 9.99. The SMILES string of the molecule is CCOc1ccccc1Oc1ccc(CNC(=NC)N2CC(C)C(C(=O)OC)C2)cn1. The standard InChI is InChI=1S/C23H30N4O4/c1-5-30-19-8-6-7-9-20(19)31-21-11-10-17(12-25-21)13-26-23(24-3)27-14-16(2)18(15-27)22(28)29-4/h6-12,16,18H,5,13-15H2,1-4H3,(H,24,26). The van der Waals surface area contributed by atoms with E-state index in [9.17, 15) is 4.79 Å². The highest BCUT2D eigenvalue weighted by Crippen LogP contribution is 2.30. The van der Waals surface area contributed by atoms with Crippen molar-refractivity contribution in [2.45, 2.75) is 20.4 Å². The van der Waals surface area contributed by atoms with Crippen LogP contribution in [0.3, 0.4) is 0 Å². The number of likely N-dealkylation sites (tertiary alicyclic amines) is 1. The Morgan fingerprint density at radius 2 is 2.00 bits per heavy atom. The van der Waals surface area contributed by atoms with Gasteiger partial charge in [-0.2, -0.15) is 0 Å². The fraction of sp³-hybridized carbons (Fsp3) is 0.435. The van der Waals surface area contributed by atoms with E-state index >= 15 is 0 Å². The summed E-state index contributed by atoms with van der Waals surface area (Å²) < 4.78 is 16.4.